The van der Waals surface area contributed by atoms with Crippen molar-refractivity contribution in [2.24, 2.45) is 0 Å². The number of fused-ring (bicyclic) bond motifs is 6. The first-order valence-electron chi connectivity index (χ1n) is 28.4. The average molecular weight is 1170 g/mol. The molecule has 2 atom stereocenters. The summed E-state index contributed by atoms with van der Waals surface area (Å²) in [5.41, 5.74) is 5.79. The predicted octanol–water partition coefficient (Wildman–Crippen LogP) is 21.4. The maximum Gasteiger partial charge on any atom is 0.150 e. The lowest BCUT2D eigenvalue weighted by molar-refractivity contribution is 0.526. The zero-order chi connectivity index (χ0) is 60.6. The summed E-state index contributed by atoms with van der Waals surface area (Å²) in [5.74, 6) is -6.61. The van der Waals surface area contributed by atoms with Crippen LogP contribution in [0, 0.1) is 46.5 Å². The molecule has 0 saturated heterocycles. The van der Waals surface area contributed by atoms with Gasteiger partial charge in [-0.1, -0.05) is 183 Å². The quantitative estimate of drug-likeness (QED) is 0.106. The van der Waals surface area contributed by atoms with Crippen molar-refractivity contribution in [2.75, 3.05) is 9.80 Å². The molecule has 0 aliphatic heterocycles. The van der Waals surface area contributed by atoms with E-state index in [9.17, 15) is 0 Å². The lowest BCUT2D eigenvalue weighted by Gasteiger charge is -2.35. The maximum absolute atomic E-state index is 16.7. The highest BCUT2D eigenvalue weighted by Gasteiger charge is 2.51. The summed E-state index contributed by atoms with van der Waals surface area (Å²) >= 11 is 0. The molecule has 2 nitrogen and oxygen atoms in total. The molecule has 0 amide bonds. The van der Waals surface area contributed by atoms with E-state index in [1.807, 2.05) is 109 Å². The van der Waals surface area contributed by atoms with Crippen LogP contribution >= 0.6 is 0 Å². The van der Waals surface area contributed by atoms with Crippen LogP contribution < -0.4 is 9.80 Å². The van der Waals surface area contributed by atoms with Gasteiger partial charge >= 0.3 is 0 Å². The molecule has 12 aromatic carbocycles. The van der Waals surface area contributed by atoms with Crippen molar-refractivity contribution in [1.82, 2.24) is 0 Å². The Hall–Kier alpha value is -10.8. The molecule has 2 aliphatic rings. The van der Waals surface area contributed by atoms with Gasteiger partial charge in [0.15, 0.2) is 0 Å². The Morgan fingerprint density at radius 3 is 0.898 bits per heavy atom. The SMILES string of the molecule is C=Cc1ccc(C2(c3c(F)cccc3F)c3ccccc3-c3ccc(N(c4ccc(-c5ccc(N(c6ccc7c(c6)C(c6ccc(C=C)cc6)(c6c(F)cccc6F)c6ccccc6-7)c6c(F)cccc6F)cc5)cc4)c4c(F)cccc4F)cc32)cc1. The van der Waals surface area contributed by atoms with Gasteiger partial charge < -0.3 is 9.80 Å². The number of nitrogens with zero attached hydrogens (tertiary/aromatic N) is 2. The Kier molecular flexibility index (Phi) is 13.5. The zero-order valence-electron chi connectivity index (χ0n) is 46.7. The van der Waals surface area contributed by atoms with Crippen LogP contribution in [0.2, 0.25) is 0 Å². The highest BCUT2D eigenvalue weighted by Crippen LogP contribution is 2.60. The number of benzene rings is 12. The minimum atomic E-state index is -1.59. The number of hydrogen-bond acceptors (Lipinski definition) is 2. The third-order valence-electron chi connectivity index (χ3n) is 17.3. The Labute approximate surface area is 503 Å². The molecule has 0 radical (unpaired) electrons. The number of halogens is 8. The van der Waals surface area contributed by atoms with Crippen LogP contribution in [-0.2, 0) is 10.8 Å². The molecule has 88 heavy (non-hydrogen) atoms. The van der Waals surface area contributed by atoms with Crippen molar-refractivity contribution in [1.29, 1.82) is 0 Å². The van der Waals surface area contributed by atoms with Gasteiger partial charge in [0, 0.05) is 33.9 Å². The fourth-order valence-corrected chi connectivity index (χ4v) is 13.5. The Balaban J connectivity index is 0.890. The summed E-state index contributed by atoms with van der Waals surface area (Å²) in [6, 6.07) is 68.5. The minimum absolute atomic E-state index is 0.214. The molecule has 0 bridgehead atoms. The number of anilines is 6. The molecule has 0 heterocycles. The van der Waals surface area contributed by atoms with E-state index in [1.54, 1.807) is 84.9 Å². The lowest BCUT2D eigenvalue weighted by atomic mass is 9.67. The van der Waals surface area contributed by atoms with E-state index in [4.69, 9.17) is 0 Å². The van der Waals surface area contributed by atoms with Gasteiger partial charge in [-0.15, -0.1) is 0 Å². The molecule has 12 aromatic rings. The van der Waals surface area contributed by atoms with Crippen LogP contribution in [0.3, 0.4) is 0 Å². The molecule has 0 N–H and O–H groups in total. The first kappa shape index (κ1) is 55.1. The summed E-state index contributed by atoms with van der Waals surface area (Å²) in [4.78, 5) is 2.87. The Morgan fingerprint density at radius 2 is 0.568 bits per heavy atom. The second-order valence-electron chi connectivity index (χ2n) is 21.8. The monoisotopic (exact) mass is 1160 g/mol. The van der Waals surface area contributed by atoms with E-state index in [2.05, 4.69) is 13.2 Å². The Morgan fingerprint density at radius 1 is 0.273 bits per heavy atom. The minimum Gasteiger partial charge on any atom is -0.305 e. The van der Waals surface area contributed by atoms with Crippen molar-refractivity contribution in [3.8, 4) is 33.4 Å². The van der Waals surface area contributed by atoms with Gasteiger partial charge in [-0.05, 0) is 175 Å². The third-order valence-corrected chi connectivity index (χ3v) is 17.3. The number of hydrogen-bond donors (Lipinski definition) is 0. The Bertz CT molecular complexity index is 4390. The standard InChI is InChI=1S/C78H48F8N2/c1-3-47-25-33-51(34-26-47)77(73-65(79)17-9-18-66(73)80)61-15-7-5-13-57(61)59-43-41-55(45-63(59)77)87(75-69(83)21-11-22-70(75)84)53-37-29-49(30-38-53)50-31-39-54(40-32-50)88(76-71(85)23-12-24-72(76)86)56-42-44-60-58-14-6-8-16-62(58)78(64(60)46-56,52-35-27-48(4-2)28-36-52)74-67(81)19-10-20-68(74)82/h3-46H,1-2H2. The van der Waals surface area contributed by atoms with Gasteiger partial charge in [0.2, 0.25) is 0 Å². The van der Waals surface area contributed by atoms with E-state index < -0.39 is 68.7 Å². The van der Waals surface area contributed by atoms with Crippen molar-refractivity contribution in [3.05, 3.63) is 370 Å². The third kappa shape index (κ3) is 8.45. The molecule has 2 unspecified atom stereocenters. The van der Waals surface area contributed by atoms with Crippen molar-refractivity contribution in [3.63, 3.8) is 0 Å². The smallest absolute Gasteiger partial charge is 0.150 e. The van der Waals surface area contributed by atoms with E-state index in [0.29, 0.717) is 67.0 Å². The predicted molar refractivity (Wildman–Crippen MR) is 336 cm³/mol. The summed E-state index contributed by atoms with van der Waals surface area (Å²) in [7, 11) is 0. The molecule has 0 saturated carbocycles. The second-order valence-corrected chi connectivity index (χ2v) is 21.8. The van der Waals surface area contributed by atoms with E-state index in [-0.39, 0.29) is 22.5 Å². The molecule has 10 heteroatoms. The topological polar surface area (TPSA) is 6.48 Å². The van der Waals surface area contributed by atoms with E-state index >= 15 is 35.1 Å². The fourth-order valence-electron chi connectivity index (χ4n) is 13.5. The molecule has 0 spiro atoms. The lowest BCUT2D eigenvalue weighted by Crippen LogP contribution is -2.31. The summed E-state index contributed by atoms with van der Waals surface area (Å²) in [6.45, 7) is 7.81. The van der Waals surface area contributed by atoms with Gasteiger partial charge in [0.25, 0.3) is 0 Å². The first-order valence-corrected chi connectivity index (χ1v) is 28.4. The molecular weight excluding hydrogens is 1120 g/mol. The molecule has 14 rings (SSSR count). The van der Waals surface area contributed by atoms with Gasteiger partial charge in [-0.25, -0.2) is 35.1 Å². The summed E-state index contributed by atoms with van der Waals surface area (Å²) in [6.07, 6.45) is 3.35. The molecule has 0 fully saturated rings. The maximum atomic E-state index is 16.7. The van der Waals surface area contributed by atoms with Crippen molar-refractivity contribution >= 4 is 46.3 Å². The zero-order valence-corrected chi connectivity index (χ0v) is 46.7. The van der Waals surface area contributed by atoms with Crippen LogP contribution in [0.4, 0.5) is 69.2 Å². The summed E-state index contributed by atoms with van der Waals surface area (Å²) < 4.78 is 133. The average Bonchev–Trinajstić information content (AvgIpc) is 1.52. The van der Waals surface area contributed by atoms with Gasteiger partial charge in [-0.3, -0.25) is 0 Å². The first-order chi connectivity index (χ1) is 42.9. The van der Waals surface area contributed by atoms with E-state index in [0.717, 1.165) is 46.5 Å². The van der Waals surface area contributed by atoms with E-state index in [1.165, 1.54) is 58.3 Å². The molecule has 2 aliphatic carbocycles. The van der Waals surface area contributed by atoms with Crippen molar-refractivity contribution in [2.45, 2.75) is 10.8 Å². The second kappa shape index (κ2) is 21.6. The highest BCUT2D eigenvalue weighted by molar-refractivity contribution is 5.92. The molecular formula is C78H48F8N2. The highest BCUT2D eigenvalue weighted by atomic mass is 19.2. The molecule has 0 aromatic heterocycles. The largest absolute Gasteiger partial charge is 0.305 e. The van der Waals surface area contributed by atoms with Gasteiger partial charge in [-0.2, -0.15) is 0 Å². The van der Waals surface area contributed by atoms with Crippen LogP contribution in [0.15, 0.2) is 268 Å². The van der Waals surface area contributed by atoms with Crippen molar-refractivity contribution < 1.29 is 35.1 Å². The number of rotatable bonds is 13. The van der Waals surface area contributed by atoms with Gasteiger partial charge in [0.05, 0.1) is 10.8 Å². The van der Waals surface area contributed by atoms with Crippen LogP contribution in [-0.4, -0.2) is 0 Å². The van der Waals surface area contributed by atoms with Crippen LogP contribution in [0.25, 0.3) is 45.5 Å². The van der Waals surface area contributed by atoms with Crippen LogP contribution in [0.1, 0.15) is 55.6 Å². The molecule has 426 valence electrons. The normalized spacial score (nSPS) is 15.2. The number of para-hydroxylation sites is 2. The van der Waals surface area contributed by atoms with Crippen LogP contribution in [0.5, 0.6) is 0 Å². The van der Waals surface area contributed by atoms with Gasteiger partial charge in [0.1, 0.15) is 57.9 Å². The fraction of sp³-hybridized carbons (Fsp3) is 0.0256. The summed E-state index contributed by atoms with van der Waals surface area (Å²) in [5, 5.41) is 0.